The quantitative estimate of drug-likeness (QED) is 0.669. The van der Waals surface area contributed by atoms with Crippen molar-refractivity contribution in [1.82, 2.24) is 4.98 Å². The second-order valence-corrected chi connectivity index (χ2v) is 5.73. The summed E-state index contributed by atoms with van der Waals surface area (Å²) in [6, 6.07) is 5.33. The summed E-state index contributed by atoms with van der Waals surface area (Å²) >= 11 is 5.67. The molecule has 3 aromatic rings. The van der Waals surface area contributed by atoms with Crippen LogP contribution in [0.15, 0.2) is 35.1 Å². The standard InChI is InChI=1S/C17H10ClF3N2O2/c1-7(24)13-16(25)14-9(19)3-4-10(20)15(14)23-17(13)22-12-5-2-8(18)6-11(12)21/h2-6H,1H3,(H2,22,23,25). The van der Waals surface area contributed by atoms with Gasteiger partial charge in [-0.1, -0.05) is 11.6 Å². The first-order valence-corrected chi connectivity index (χ1v) is 7.44. The van der Waals surface area contributed by atoms with Crippen molar-refractivity contribution in [1.29, 1.82) is 0 Å². The third-order valence-electron chi connectivity index (χ3n) is 3.60. The third kappa shape index (κ3) is 2.98. The van der Waals surface area contributed by atoms with Crippen LogP contribution in [0.2, 0.25) is 5.02 Å². The smallest absolute Gasteiger partial charge is 0.205 e. The highest BCUT2D eigenvalue weighted by Crippen LogP contribution is 2.26. The van der Waals surface area contributed by atoms with Crippen molar-refractivity contribution in [3.8, 4) is 0 Å². The summed E-state index contributed by atoms with van der Waals surface area (Å²) in [7, 11) is 0. The molecule has 0 aliphatic heterocycles. The van der Waals surface area contributed by atoms with E-state index < -0.39 is 45.1 Å². The highest BCUT2D eigenvalue weighted by Gasteiger charge is 2.21. The minimum Gasteiger partial charge on any atom is -0.339 e. The molecule has 25 heavy (non-hydrogen) atoms. The lowest BCUT2D eigenvalue weighted by atomic mass is 10.1. The number of anilines is 2. The largest absolute Gasteiger partial charge is 0.339 e. The molecule has 0 saturated heterocycles. The number of carbonyl (C=O) groups is 1. The Morgan fingerprint density at radius 1 is 1.08 bits per heavy atom. The molecule has 4 nitrogen and oxygen atoms in total. The first-order valence-electron chi connectivity index (χ1n) is 7.06. The van der Waals surface area contributed by atoms with Crippen LogP contribution in [-0.2, 0) is 0 Å². The number of fused-ring (bicyclic) bond motifs is 1. The van der Waals surface area contributed by atoms with E-state index in [1.165, 1.54) is 12.1 Å². The predicted octanol–water partition coefficient (Wildman–Crippen LogP) is 4.55. The molecule has 0 fully saturated rings. The normalized spacial score (nSPS) is 10.9. The number of ketones is 1. The van der Waals surface area contributed by atoms with Crippen LogP contribution >= 0.6 is 11.6 Å². The van der Waals surface area contributed by atoms with Crippen LogP contribution in [0.3, 0.4) is 0 Å². The van der Waals surface area contributed by atoms with Gasteiger partial charge in [0.15, 0.2) is 5.78 Å². The molecule has 0 aliphatic rings. The summed E-state index contributed by atoms with van der Waals surface area (Å²) in [5, 5.41) is 2.10. The molecule has 1 aromatic heterocycles. The summed E-state index contributed by atoms with van der Waals surface area (Å²) in [4.78, 5) is 26.8. The number of rotatable bonds is 3. The van der Waals surface area contributed by atoms with Crippen LogP contribution in [0.5, 0.6) is 0 Å². The zero-order valence-corrected chi connectivity index (χ0v) is 13.5. The fourth-order valence-electron chi connectivity index (χ4n) is 2.48. The molecule has 0 amide bonds. The Hall–Kier alpha value is -2.80. The van der Waals surface area contributed by atoms with Crippen molar-refractivity contribution in [2.75, 3.05) is 5.32 Å². The van der Waals surface area contributed by atoms with Crippen LogP contribution in [0.1, 0.15) is 17.3 Å². The van der Waals surface area contributed by atoms with E-state index >= 15 is 0 Å². The summed E-state index contributed by atoms with van der Waals surface area (Å²) in [5.74, 6) is -3.53. The molecule has 0 radical (unpaired) electrons. The van der Waals surface area contributed by atoms with E-state index in [0.29, 0.717) is 0 Å². The molecular formula is C17H10ClF3N2O2. The van der Waals surface area contributed by atoms with E-state index in [4.69, 9.17) is 11.6 Å². The third-order valence-corrected chi connectivity index (χ3v) is 3.84. The lowest BCUT2D eigenvalue weighted by Gasteiger charge is -2.13. The van der Waals surface area contributed by atoms with E-state index in [1.807, 2.05) is 0 Å². The van der Waals surface area contributed by atoms with Crippen molar-refractivity contribution in [2.45, 2.75) is 6.92 Å². The number of H-pyrrole nitrogens is 1. The number of pyridine rings is 1. The molecule has 0 atom stereocenters. The molecule has 2 N–H and O–H groups in total. The van der Waals surface area contributed by atoms with Gasteiger partial charge in [-0.2, -0.15) is 0 Å². The fraction of sp³-hybridized carbons (Fsp3) is 0.0588. The van der Waals surface area contributed by atoms with Gasteiger partial charge < -0.3 is 10.3 Å². The number of Topliss-reactive ketones (excluding diaryl/α,β-unsaturated/α-hetero) is 1. The van der Waals surface area contributed by atoms with E-state index in [1.54, 1.807) is 0 Å². The summed E-state index contributed by atoms with van der Waals surface area (Å²) in [5.41, 5.74) is -1.95. The van der Waals surface area contributed by atoms with Crippen LogP contribution in [0, 0.1) is 17.5 Å². The minimum absolute atomic E-state index is 0.0984. The lowest BCUT2D eigenvalue weighted by Crippen LogP contribution is -2.19. The van der Waals surface area contributed by atoms with Gasteiger partial charge >= 0.3 is 0 Å². The predicted molar refractivity (Wildman–Crippen MR) is 89.2 cm³/mol. The molecule has 8 heteroatoms. The van der Waals surface area contributed by atoms with E-state index in [2.05, 4.69) is 10.3 Å². The number of halogens is 4. The van der Waals surface area contributed by atoms with Crippen molar-refractivity contribution in [2.24, 2.45) is 0 Å². The fourth-order valence-corrected chi connectivity index (χ4v) is 2.64. The van der Waals surface area contributed by atoms with Gasteiger partial charge in [0.05, 0.1) is 16.6 Å². The number of aromatic amines is 1. The van der Waals surface area contributed by atoms with Crippen LogP contribution in [0.4, 0.5) is 24.7 Å². The highest BCUT2D eigenvalue weighted by atomic mass is 35.5. The Morgan fingerprint density at radius 3 is 2.40 bits per heavy atom. The van der Waals surface area contributed by atoms with Gasteiger partial charge in [-0.3, -0.25) is 9.59 Å². The monoisotopic (exact) mass is 366 g/mol. The van der Waals surface area contributed by atoms with Crippen LogP contribution in [0.25, 0.3) is 10.9 Å². The molecule has 128 valence electrons. The molecular weight excluding hydrogens is 357 g/mol. The number of aromatic nitrogens is 1. The molecule has 0 aliphatic carbocycles. The zero-order chi connectivity index (χ0) is 18.3. The molecule has 3 rings (SSSR count). The zero-order valence-electron chi connectivity index (χ0n) is 12.7. The first-order chi connectivity index (χ1) is 11.8. The van der Waals surface area contributed by atoms with E-state index in [-0.39, 0.29) is 16.5 Å². The van der Waals surface area contributed by atoms with E-state index in [9.17, 15) is 22.8 Å². The summed E-state index contributed by atoms with van der Waals surface area (Å²) in [6.45, 7) is 1.09. The molecule has 0 saturated carbocycles. The van der Waals surface area contributed by atoms with Gasteiger partial charge in [-0.25, -0.2) is 13.2 Å². The second kappa shape index (κ2) is 6.25. The van der Waals surface area contributed by atoms with Gasteiger partial charge in [-0.05, 0) is 37.3 Å². The molecule has 0 spiro atoms. The highest BCUT2D eigenvalue weighted by molar-refractivity contribution is 6.30. The number of benzene rings is 2. The molecule has 1 heterocycles. The average molecular weight is 367 g/mol. The Morgan fingerprint density at radius 2 is 1.76 bits per heavy atom. The second-order valence-electron chi connectivity index (χ2n) is 5.29. The number of nitrogens with one attached hydrogen (secondary N) is 2. The van der Waals surface area contributed by atoms with Crippen molar-refractivity contribution in [3.63, 3.8) is 0 Å². The summed E-state index contributed by atoms with van der Waals surface area (Å²) in [6.07, 6.45) is 0. The van der Waals surface area contributed by atoms with Crippen LogP contribution in [-0.4, -0.2) is 10.8 Å². The Kier molecular flexibility index (Phi) is 4.26. The van der Waals surface area contributed by atoms with Gasteiger partial charge in [0.25, 0.3) is 0 Å². The summed E-state index contributed by atoms with van der Waals surface area (Å²) < 4.78 is 41.9. The van der Waals surface area contributed by atoms with Crippen LogP contribution < -0.4 is 10.7 Å². The van der Waals surface area contributed by atoms with E-state index in [0.717, 1.165) is 25.1 Å². The molecule has 0 bridgehead atoms. The molecule has 2 aromatic carbocycles. The van der Waals surface area contributed by atoms with Crippen molar-refractivity contribution in [3.05, 3.63) is 68.6 Å². The maximum Gasteiger partial charge on any atom is 0.205 e. The number of carbonyl (C=O) groups excluding carboxylic acids is 1. The minimum atomic E-state index is -0.991. The van der Waals surface area contributed by atoms with Gasteiger partial charge in [0.1, 0.15) is 28.8 Å². The maximum atomic E-state index is 14.0. The molecule has 0 unspecified atom stereocenters. The van der Waals surface area contributed by atoms with Gasteiger partial charge in [0, 0.05) is 5.02 Å². The van der Waals surface area contributed by atoms with Crippen molar-refractivity contribution < 1.29 is 18.0 Å². The Bertz CT molecular complexity index is 1080. The first kappa shape index (κ1) is 17.0. The SMILES string of the molecule is CC(=O)c1c(Nc2ccc(Cl)cc2F)[nH]c2c(F)ccc(F)c2c1=O. The van der Waals surface area contributed by atoms with Gasteiger partial charge in [-0.15, -0.1) is 0 Å². The maximum absolute atomic E-state index is 14.0. The Balaban J connectivity index is 2.30. The number of hydrogen-bond donors (Lipinski definition) is 2. The average Bonchev–Trinajstić information content (AvgIpc) is 2.53. The lowest BCUT2D eigenvalue weighted by molar-refractivity contribution is 0.101. The van der Waals surface area contributed by atoms with Gasteiger partial charge in [0.2, 0.25) is 5.43 Å². The number of hydrogen-bond acceptors (Lipinski definition) is 3. The topological polar surface area (TPSA) is 62.0 Å². The Labute approximate surface area is 144 Å². The van der Waals surface area contributed by atoms with Crippen molar-refractivity contribution >= 4 is 39.8 Å².